The number of sulfonamides is 1. The molecule has 0 atom stereocenters. The van der Waals surface area contributed by atoms with Crippen LogP contribution >= 0.6 is 0 Å². The summed E-state index contributed by atoms with van der Waals surface area (Å²) in [7, 11) is -3.74. The minimum Gasteiger partial charge on any atom is -0.370 e. The van der Waals surface area contributed by atoms with Gasteiger partial charge in [0.1, 0.15) is 5.82 Å². The summed E-state index contributed by atoms with van der Waals surface area (Å²) in [4.78, 5) is 17.2. The van der Waals surface area contributed by atoms with E-state index in [4.69, 9.17) is 0 Å². The molecule has 2 aromatic carbocycles. The molecule has 8 heteroatoms. The molecule has 0 unspecified atom stereocenters. The number of hydrogen-bond acceptors (Lipinski definition) is 4. The second kappa shape index (κ2) is 8.96. The second-order valence-electron chi connectivity index (χ2n) is 8.94. The Hall–Kier alpha value is -2.45. The number of aryl methyl sites for hydroxylation is 1. The van der Waals surface area contributed by atoms with Crippen LogP contribution in [0.25, 0.3) is 0 Å². The highest BCUT2D eigenvalue weighted by atomic mass is 32.2. The lowest BCUT2D eigenvalue weighted by Gasteiger charge is -2.24. The van der Waals surface area contributed by atoms with Crippen molar-refractivity contribution in [3.63, 3.8) is 0 Å². The molecule has 31 heavy (non-hydrogen) atoms. The molecular weight excluding hydrogens is 417 g/mol. The zero-order valence-electron chi connectivity index (χ0n) is 18.5. The number of halogens is 1. The van der Waals surface area contributed by atoms with Gasteiger partial charge in [0.2, 0.25) is 10.0 Å². The minimum absolute atomic E-state index is 0.0825. The van der Waals surface area contributed by atoms with Crippen molar-refractivity contribution < 1.29 is 17.6 Å². The third kappa shape index (κ3) is 5.83. The summed E-state index contributed by atoms with van der Waals surface area (Å²) in [5.41, 5.74) is 1.43. The normalized spacial score (nSPS) is 15.6. The molecule has 6 nitrogen and oxygen atoms in total. The van der Waals surface area contributed by atoms with Crippen molar-refractivity contribution in [3.8, 4) is 0 Å². The van der Waals surface area contributed by atoms with Crippen LogP contribution in [-0.2, 0) is 10.0 Å². The van der Waals surface area contributed by atoms with E-state index in [-0.39, 0.29) is 16.6 Å². The van der Waals surface area contributed by atoms with Crippen molar-refractivity contribution >= 4 is 21.6 Å². The van der Waals surface area contributed by atoms with E-state index in [0.29, 0.717) is 25.2 Å². The number of benzene rings is 2. The van der Waals surface area contributed by atoms with Gasteiger partial charge in [-0.15, -0.1) is 0 Å². The third-order valence-electron chi connectivity index (χ3n) is 5.17. The Bertz CT molecular complexity index is 1050. The fraction of sp³-hybridized carbons (Fsp3) is 0.435. The minimum atomic E-state index is -3.74. The molecule has 2 aromatic rings. The van der Waals surface area contributed by atoms with E-state index in [0.717, 1.165) is 24.2 Å². The largest absolute Gasteiger partial charge is 0.370 e. The van der Waals surface area contributed by atoms with Gasteiger partial charge in [-0.2, -0.15) is 0 Å². The highest BCUT2D eigenvalue weighted by molar-refractivity contribution is 7.89. The summed E-state index contributed by atoms with van der Waals surface area (Å²) in [5.74, 6) is -0.451. The SMILES string of the molecule is Cc1ccc(S(=O)(=O)NC(C)(C)C)cc1C(=O)N1CCCN(c2ccc(F)cc2)CC1. The smallest absolute Gasteiger partial charge is 0.254 e. The predicted molar refractivity (Wildman–Crippen MR) is 120 cm³/mol. The van der Waals surface area contributed by atoms with E-state index >= 15 is 0 Å². The monoisotopic (exact) mass is 447 g/mol. The molecule has 168 valence electrons. The third-order valence-corrected chi connectivity index (χ3v) is 6.92. The van der Waals surface area contributed by atoms with E-state index in [1.807, 2.05) is 6.92 Å². The fourth-order valence-electron chi connectivity index (χ4n) is 3.66. The first kappa shape index (κ1) is 23.2. The Balaban J connectivity index is 1.79. The van der Waals surface area contributed by atoms with Gasteiger partial charge < -0.3 is 9.80 Å². The van der Waals surface area contributed by atoms with E-state index in [9.17, 15) is 17.6 Å². The van der Waals surface area contributed by atoms with E-state index in [1.165, 1.54) is 24.3 Å². The first-order valence-electron chi connectivity index (χ1n) is 10.4. The maximum absolute atomic E-state index is 13.3. The van der Waals surface area contributed by atoms with Crippen LogP contribution in [0.5, 0.6) is 0 Å². The van der Waals surface area contributed by atoms with Gasteiger partial charge >= 0.3 is 0 Å². The number of amides is 1. The number of nitrogens with one attached hydrogen (secondary N) is 1. The number of nitrogens with zero attached hydrogens (tertiary/aromatic N) is 2. The van der Waals surface area contributed by atoms with Crippen LogP contribution in [0.4, 0.5) is 10.1 Å². The van der Waals surface area contributed by atoms with Gasteiger partial charge in [-0.05, 0) is 76.1 Å². The van der Waals surface area contributed by atoms with Crippen LogP contribution in [0.1, 0.15) is 43.1 Å². The second-order valence-corrected chi connectivity index (χ2v) is 10.6. The molecule has 0 radical (unpaired) electrons. The van der Waals surface area contributed by atoms with Gasteiger partial charge in [-0.25, -0.2) is 17.5 Å². The zero-order valence-corrected chi connectivity index (χ0v) is 19.3. The molecule has 1 saturated heterocycles. The van der Waals surface area contributed by atoms with Gasteiger partial charge in [-0.1, -0.05) is 6.07 Å². The topological polar surface area (TPSA) is 69.7 Å². The molecule has 0 bridgehead atoms. The van der Waals surface area contributed by atoms with Crippen LogP contribution in [0.3, 0.4) is 0 Å². The predicted octanol–water partition coefficient (Wildman–Crippen LogP) is 3.56. The van der Waals surface area contributed by atoms with Crippen LogP contribution in [-0.4, -0.2) is 50.9 Å². The molecule has 1 N–H and O–H groups in total. The van der Waals surface area contributed by atoms with Crippen molar-refractivity contribution in [1.29, 1.82) is 0 Å². The van der Waals surface area contributed by atoms with Gasteiger partial charge in [0, 0.05) is 43.0 Å². The Morgan fingerprint density at radius 1 is 1.00 bits per heavy atom. The molecule has 0 aliphatic carbocycles. The number of carbonyl (C=O) groups is 1. The van der Waals surface area contributed by atoms with Crippen molar-refractivity contribution in [3.05, 3.63) is 59.4 Å². The lowest BCUT2D eigenvalue weighted by Crippen LogP contribution is -2.40. The molecule has 0 spiro atoms. The number of carbonyl (C=O) groups excluding carboxylic acids is 1. The Kier molecular flexibility index (Phi) is 6.71. The summed E-state index contributed by atoms with van der Waals surface area (Å²) in [6.45, 7) is 9.60. The average Bonchev–Trinajstić information content (AvgIpc) is 2.93. The number of hydrogen-bond donors (Lipinski definition) is 1. The van der Waals surface area contributed by atoms with Crippen molar-refractivity contribution in [1.82, 2.24) is 9.62 Å². The first-order chi connectivity index (χ1) is 14.5. The molecule has 0 aromatic heterocycles. The van der Waals surface area contributed by atoms with Gasteiger partial charge in [0.15, 0.2) is 0 Å². The lowest BCUT2D eigenvalue weighted by atomic mass is 10.1. The fourth-order valence-corrected chi connectivity index (χ4v) is 5.11. The molecule has 3 rings (SSSR count). The van der Waals surface area contributed by atoms with Crippen molar-refractivity contribution in [2.24, 2.45) is 0 Å². The maximum atomic E-state index is 13.3. The highest BCUT2D eigenvalue weighted by Crippen LogP contribution is 2.21. The summed E-state index contributed by atoms with van der Waals surface area (Å²) < 4.78 is 41.3. The molecule has 1 aliphatic heterocycles. The quantitative estimate of drug-likeness (QED) is 0.778. The molecule has 1 heterocycles. The van der Waals surface area contributed by atoms with Gasteiger partial charge in [0.25, 0.3) is 5.91 Å². The number of anilines is 1. The zero-order chi connectivity index (χ0) is 22.8. The van der Waals surface area contributed by atoms with Gasteiger partial charge in [0.05, 0.1) is 4.90 Å². The summed E-state index contributed by atoms with van der Waals surface area (Å²) in [6, 6.07) is 11.0. The Morgan fingerprint density at radius 2 is 1.68 bits per heavy atom. The van der Waals surface area contributed by atoms with Crippen LogP contribution < -0.4 is 9.62 Å². The summed E-state index contributed by atoms with van der Waals surface area (Å²) in [5, 5.41) is 0. The van der Waals surface area contributed by atoms with Gasteiger partial charge in [-0.3, -0.25) is 4.79 Å². The van der Waals surface area contributed by atoms with Crippen LogP contribution in [0.15, 0.2) is 47.4 Å². The summed E-state index contributed by atoms with van der Waals surface area (Å²) >= 11 is 0. The van der Waals surface area contributed by atoms with E-state index in [1.54, 1.807) is 43.9 Å². The first-order valence-corrected chi connectivity index (χ1v) is 11.9. The number of rotatable bonds is 4. The van der Waals surface area contributed by atoms with Crippen LogP contribution in [0, 0.1) is 12.7 Å². The highest BCUT2D eigenvalue weighted by Gasteiger charge is 2.26. The molecule has 1 amide bonds. The average molecular weight is 448 g/mol. The lowest BCUT2D eigenvalue weighted by molar-refractivity contribution is 0.0766. The maximum Gasteiger partial charge on any atom is 0.254 e. The molecule has 1 fully saturated rings. The van der Waals surface area contributed by atoms with E-state index < -0.39 is 15.6 Å². The van der Waals surface area contributed by atoms with Crippen molar-refractivity contribution in [2.45, 2.75) is 44.6 Å². The summed E-state index contributed by atoms with van der Waals surface area (Å²) in [6.07, 6.45) is 0.770. The molecule has 0 saturated carbocycles. The Morgan fingerprint density at radius 3 is 2.32 bits per heavy atom. The van der Waals surface area contributed by atoms with E-state index in [2.05, 4.69) is 9.62 Å². The standard InChI is InChI=1S/C23H30FN3O3S/c1-17-6-11-20(31(29,30)25-23(2,3)4)16-21(17)22(28)27-13-5-12-26(14-15-27)19-9-7-18(24)8-10-19/h6-11,16,25H,5,12-15H2,1-4H3. The molecule has 1 aliphatic rings. The molecular formula is C23H30FN3O3S. The Labute approximate surface area is 184 Å². The van der Waals surface area contributed by atoms with Crippen LogP contribution in [0.2, 0.25) is 0 Å². The van der Waals surface area contributed by atoms with Crippen molar-refractivity contribution in [2.75, 3.05) is 31.1 Å².